The van der Waals surface area contributed by atoms with Gasteiger partial charge in [-0.05, 0) is 43.3 Å². The molecule has 0 radical (unpaired) electrons. The highest BCUT2D eigenvalue weighted by Crippen LogP contribution is 2.36. The van der Waals surface area contributed by atoms with E-state index < -0.39 is 0 Å². The predicted octanol–water partition coefficient (Wildman–Crippen LogP) is 4.84. The second kappa shape index (κ2) is 7.12. The first-order chi connectivity index (χ1) is 10.1. The molecule has 0 fully saturated rings. The predicted molar refractivity (Wildman–Crippen MR) is 84.9 cm³/mol. The van der Waals surface area contributed by atoms with E-state index in [0.717, 1.165) is 11.1 Å². The van der Waals surface area contributed by atoms with Gasteiger partial charge in [0.15, 0.2) is 0 Å². The minimum Gasteiger partial charge on any atom is -0.492 e. The smallest absolute Gasteiger partial charge is 0.139 e. The molecule has 2 nitrogen and oxygen atoms in total. The number of ether oxygens (including phenoxy) is 1. The Morgan fingerprint density at radius 1 is 1.14 bits per heavy atom. The van der Waals surface area contributed by atoms with Crippen LogP contribution in [0, 0.1) is 5.82 Å². The van der Waals surface area contributed by atoms with E-state index in [-0.39, 0.29) is 11.9 Å². The van der Waals surface area contributed by atoms with E-state index in [1.165, 1.54) is 12.1 Å². The van der Waals surface area contributed by atoms with Crippen molar-refractivity contribution >= 4 is 23.2 Å². The maximum atomic E-state index is 13.1. The third-order valence-corrected chi connectivity index (χ3v) is 3.78. The van der Waals surface area contributed by atoms with Crippen LogP contribution in [0.5, 0.6) is 5.75 Å². The van der Waals surface area contributed by atoms with Gasteiger partial charge in [-0.15, -0.1) is 0 Å². The van der Waals surface area contributed by atoms with Gasteiger partial charge in [0.05, 0.1) is 17.7 Å². The first-order valence-corrected chi connectivity index (χ1v) is 7.36. The van der Waals surface area contributed by atoms with Crippen LogP contribution in [0.1, 0.15) is 24.1 Å². The van der Waals surface area contributed by atoms with Crippen LogP contribution in [0.25, 0.3) is 0 Å². The number of hydrogen-bond donors (Lipinski definition) is 1. The Morgan fingerprint density at radius 2 is 1.81 bits per heavy atom. The SMILES string of the molecule is CCOc1cc(Cl)c(C(NC)c2ccc(F)cc2)cc1Cl. The molecule has 0 aliphatic rings. The molecule has 112 valence electrons. The van der Waals surface area contributed by atoms with E-state index in [1.807, 2.05) is 14.0 Å². The quantitative estimate of drug-likeness (QED) is 0.848. The summed E-state index contributed by atoms with van der Waals surface area (Å²) in [6.07, 6.45) is 0. The molecule has 0 aliphatic carbocycles. The molecule has 0 saturated carbocycles. The molecule has 0 bridgehead atoms. The Hall–Kier alpha value is -1.29. The van der Waals surface area contributed by atoms with Gasteiger partial charge in [-0.2, -0.15) is 0 Å². The Balaban J connectivity index is 2.42. The highest BCUT2D eigenvalue weighted by Gasteiger charge is 2.18. The maximum Gasteiger partial charge on any atom is 0.139 e. The molecule has 0 aromatic heterocycles. The average Bonchev–Trinajstić information content (AvgIpc) is 2.47. The monoisotopic (exact) mass is 327 g/mol. The number of hydrogen-bond acceptors (Lipinski definition) is 2. The molecule has 0 aliphatic heterocycles. The van der Waals surface area contributed by atoms with E-state index in [0.29, 0.717) is 22.4 Å². The summed E-state index contributed by atoms with van der Waals surface area (Å²) < 4.78 is 18.5. The molecule has 5 heteroatoms. The van der Waals surface area contributed by atoms with Crippen molar-refractivity contribution < 1.29 is 9.13 Å². The summed E-state index contributed by atoms with van der Waals surface area (Å²) in [5.41, 5.74) is 1.72. The largest absolute Gasteiger partial charge is 0.492 e. The molecule has 1 unspecified atom stereocenters. The van der Waals surface area contributed by atoms with Crippen LogP contribution < -0.4 is 10.1 Å². The summed E-state index contributed by atoms with van der Waals surface area (Å²) in [5.74, 6) is 0.284. The fraction of sp³-hybridized carbons (Fsp3) is 0.250. The van der Waals surface area contributed by atoms with Gasteiger partial charge < -0.3 is 10.1 Å². The molecule has 21 heavy (non-hydrogen) atoms. The Bertz CT molecular complexity index is 616. The summed E-state index contributed by atoms with van der Waals surface area (Å²) in [4.78, 5) is 0. The van der Waals surface area contributed by atoms with Crippen LogP contribution in [-0.2, 0) is 0 Å². The van der Waals surface area contributed by atoms with Gasteiger partial charge >= 0.3 is 0 Å². The zero-order valence-corrected chi connectivity index (χ0v) is 13.3. The van der Waals surface area contributed by atoms with Crippen LogP contribution in [0.4, 0.5) is 4.39 Å². The molecule has 0 saturated heterocycles. The molecular formula is C16H16Cl2FNO. The van der Waals surface area contributed by atoms with Crippen LogP contribution in [0.2, 0.25) is 10.0 Å². The summed E-state index contributed by atoms with van der Waals surface area (Å²) in [6.45, 7) is 2.40. The molecule has 0 amide bonds. The van der Waals surface area contributed by atoms with Crippen molar-refractivity contribution in [2.75, 3.05) is 13.7 Å². The lowest BCUT2D eigenvalue weighted by atomic mass is 9.98. The van der Waals surface area contributed by atoms with Crippen molar-refractivity contribution in [3.8, 4) is 5.75 Å². The minimum absolute atomic E-state index is 0.175. The van der Waals surface area contributed by atoms with Crippen LogP contribution >= 0.6 is 23.2 Å². The van der Waals surface area contributed by atoms with Gasteiger partial charge in [-0.25, -0.2) is 4.39 Å². The number of rotatable bonds is 5. The van der Waals surface area contributed by atoms with E-state index in [9.17, 15) is 4.39 Å². The maximum absolute atomic E-state index is 13.1. The molecule has 1 N–H and O–H groups in total. The van der Waals surface area contributed by atoms with E-state index in [4.69, 9.17) is 27.9 Å². The Kier molecular flexibility index (Phi) is 5.45. The molecule has 1 atom stereocenters. The van der Waals surface area contributed by atoms with Crippen molar-refractivity contribution in [2.45, 2.75) is 13.0 Å². The van der Waals surface area contributed by atoms with E-state index in [2.05, 4.69) is 5.32 Å². The molecule has 2 aromatic carbocycles. The summed E-state index contributed by atoms with van der Waals surface area (Å²) in [5, 5.41) is 4.21. The lowest BCUT2D eigenvalue weighted by molar-refractivity contribution is 0.340. The van der Waals surface area contributed by atoms with Crippen LogP contribution in [-0.4, -0.2) is 13.7 Å². The number of nitrogens with one attached hydrogen (secondary N) is 1. The fourth-order valence-corrected chi connectivity index (χ4v) is 2.68. The summed E-state index contributed by atoms with van der Waals surface area (Å²) in [7, 11) is 1.81. The lowest BCUT2D eigenvalue weighted by Gasteiger charge is -2.20. The van der Waals surface area contributed by atoms with Crippen molar-refractivity contribution in [3.05, 3.63) is 63.4 Å². The molecule has 2 aromatic rings. The summed E-state index contributed by atoms with van der Waals surface area (Å²) >= 11 is 12.6. The first-order valence-electron chi connectivity index (χ1n) is 6.61. The van der Waals surface area contributed by atoms with Crippen molar-refractivity contribution in [3.63, 3.8) is 0 Å². The number of benzene rings is 2. The average molecular weight is 328 g/mol. The minimum atomic E-state index is -0.274. The van der Waals surface area contributed by atoms with Gasteiger partial charge in [-0.3, -0.25) is 0 Å². The van der Waals surface area contributed by atoms with Crippen molar-refractivity contribution in [2.24, 2.45) is 0 Å². The molecule has 2 rings (SSSR count). The van der Waals surface area contributed by atoms with Gasteiger partial charge in [0.2, 0.25) is 0 Å². The standard InChI is InChI=1S/C16H16Cl2FNO/c1-3-21-15-9-13(17)12(8-14(15)18)16(20-2)10-4-6-11(19)7-5-10/h4-9,16,20H,3H2,1-2H3. The zero-order valence-electron chi connectivity index (χ0n) is 11.8. The van der Waals surface area contributed by atoms with Gasteiger partial charge in [-0.1, -0.05) is 35.3 Å². The highest BCUT2D eigenvalue weighted by molar-refractivity contribution is 6.34. The molecule has 0 spiro atoms. The third-order valence-electron chi connectivity index (χ3n) is 3.15. The third kappa shape index (κ3) is 3.67. The Morgan fingerprint density at radius 3 is 2.38 bits per heavy atom. The molecule has 0 heterocycles. The first kappa shape index (κ1) is 16.1. The zero-order chi connectivity index (χ0) is 15.4. The van der Waals surface area contributed by atoms with Gasteiger partial charge in [0.25, 0.3) is 0 Å². The topological polar surface area (TPSA) is 21.3 Å². The second-order valence-electron chi connectivity index (χ2n) is 4.51. The van der Waals surface area contributed by atoms with Crippen LogP contribution in [0.15, 0.2) is 36.4 Å². The fourth-order valence-electron chi connectivity index (χ4n) is 2.19. The summed E-state index contributed by atoms with van der Waals surface area (Å²) in [6, 6.07) is 9.59. The van der Waals surface area contributed by atoms with E-state index >= 15 is 0 Å². The molecular weight excluding hydrogens is 312 g/mol. The van der Waals surface area contributed by atoms with E-state index in [1.54, 1.807) is 24.3 Å². The highest BCUT2D eigenvalue weighted by atomic mass is 35.5. The van der Waals surface area contributed by atoms with Gasteiger partial charge in [0.1, 0.15) is 11.6 Å². The van der Waals surface area contributed by atoms with Crippen molar-refractivity contribution in [1.82, 2.24) is 5.32 Å². The normalized spacial score (nSPS) is 12.2. The Labute approximate surface area is 133 Å². The van der Waals surface area contributed by atoms with Gasteiger partial charge in [0, 0.05) is 11.1 Å². The van der Waals surface area contributed by atoms with Crippen LogP contribution in [0.3, 0.4) is 0 Å². The van der Waals surface area contributed by atoms with Crippen molar-refractivity contribution in [1.29, 1.82) is 0 Å². The number of halogens is 3. The lowest BCUT2D eigenvalue weighted by Crippen LogP contribution is -2.18. The second-order valence-corrected chi connectivity index (χ2v) is 5.32.